The van der Waals surface area contributed by atoms with Gasteiger partial charge in [-0.25, -0.2) is 0 Å². The standard InChI is InChI=1S/C24H31ClN3O5P.C20H23ClN3O5P/c1-5-30-34(29,31-6-2)15-7-14-26-20-11-8-18(9-12-20)24-27-23(28-33-24)19-10-13-22(21(25)16-19)32-17(3)4;1-13(2)28-18-9-6-15(12-17(18)21)19-23-20(29-24-19)14-4-7-16(8-5-14)22-10-3-11-30(25,26)27/h8-13,16-17,26H,5-7,14-15H2,1-4H3;4-9,12-13,22H,3,10-11H2,1-2H3,(H2,25,26,27). The summed E-state index contributed by atoms with van der Waals surface area (Å²) in [5.74, 6) is 2.87. The summed E-state index contributed by atoms with van der Waals surface area (Å²) in [7, 11) is -6.96. The van der Waals surface area contributed by atoms with Gasteiger partial charge in [0.05, 0.1) is 47.8 Å². The van der Waals surface area contributed by atoms with Crippen molar-refractivity contribution in [3.05, 3.63) is 95.0 Å². The Morgan fingerprint density at radius 3 is 1.36 bits per heavy atom. The smallest absolute Gasteiger partial charge is 0.330 e. The van der Waals surface area contributed by atoms with Crippen molar-refractivity contribution in [2.24, 2.45) is 0 Å². The average molecular weight is 960 g/mol. The van der Waals surface area contributed by atoms with Crippen LogP contribution in [0.4, 0.5) is 11.4 Å². The second-order valence-corrected chi connectivity index (χ2v) is 19.5. The molecule has 0 aliphatic rings. The molecule has 344 valence electrons. The lowest BCUT2D eigenvalue weighted by Gasteiger charge is -2.17. The molecule has 0 spiro atoms. The topological polar surface area (TPSA) is 213 Å². The summed E-state index contributed by atoms with van der Waals surface area (Å²) >= 11 is 12.6. The van der Waals surface area contributed by atoms with Crippen LogP contribution in [0, 0.1) is 0 Å². The van der Waals surface area contributed by atoms with Gasteiger partial charge in [-0.05, 0) is 139 Å². The van der Waals surface area contributed by atoms with Gasteiger partial charge in [-0.1, -0.05) is 33.5 Å². The number of hydrogen-bond acceptors (Lipinski definition) is 14. The van der Waals surface area contributed by atoms with Crippen LogP contribution in [0.3, 0.4) is 0 Å². The van der Waals surface area contributed by atoms with Gasteiger partial charge in [-0.2, -0.15) is 9.97 Å². The molecule has 0 fully saturated rings. The summed E-state index contributed by atoms with van der Waals surface area (Å²) in [6, 6.07) is 25.7. The van der Waals surface area contributed by atoms with E-state index in [4.69, 9.17) is 60.6 Å². The van der Waals surface area contributed by atoms with Crippen molar-refractivity contribution in [2.45, 2.75) is 66.6 Å². The lowest BCUT2D eigenvalue weighted by Crippen LogP contribution is -2.07. The van der Waals surface area contributed by atoms with E-state index in [1.807, 2.05) is 102 Å². The minimum absolute atomic E-state index is 0.0219. The van der Waals surface area contributed by atoms with E-state index in [1.165, 1.54) is 0 Å². The van der Waals surface area contributed by atoms with Gasteiger partial charge in [0, 0.05) is 46.7 Å². The zero-order chi connectivity index (χ0) is 46.3. The minimum atomic E-state index is -3.95. The van der Waals surface area contributed by atoms with Gasteiger partial charge < -0.3 is 48.0 Å². The van der Waals surface area contributed by atoms with E-state index < -0.39 is 15.2 Å². The van der Waals surface area contributed by atoms with Crippen LogP contribution < -0.4 is 20.1 Å². The lowest BCUT2D eigenvalue weighted by atomic mass is 10.2. The minimum Gasteiger partial charge on any atom is -0.489 e. The molecule has 20 heteroatoms. The molecule has 0 unspecified atom stereocenters. The van der Waals surface area contributed by atoms with Gasteiger partial charge in [0.2, 0.25) is 11.6 Å². The summed E-state index contributed by atoms with van der Waals surface area (Å²) in [5, 5.41) is 15.5. The van der Waals surface area contributed by atoms with Crippen LogP contribution in [0.2, 0.25) is 10.0 Å². The molecule has 0 atom stereocenters. The molecule has 2 aromatic heterocycles. The Balaban J connectivity index is 0.000000243. The van der Waals surface area contributed by atoms with E-state index in [2.05, 4.69) is 30.9 Å². The average Bonchev–Trinajstić information content (AvgIpc) is 3.95. The summed E-state index contributed by atoms with van der Waals surface area (Å²) in [6.07, 6.45) is 1.33. The van der Waals surface area contributed by atoms with Gasteiger partial charge in [0.15, 0.2) is 0 Å². The van der Waals surface area contributed by atoms with Gasteiger partial charge in [-0.3, -0.25) is 9.13 Å². The number of nitrogens with one attached hydrogen (secondary N) is 2. The number of anilines is 2. The monoisotopic (exact) mass is 958 g/mol. The molecular weight excluding hydrogens is 905 g/mol. The molecule has 0 amide bonds. The molecule has 0 aliphatic carbocycles. The highest BCUT2D eigenvalue weighted by molar-refractivity contribution is 7.53. The van der Waals surface area contributed by atoms with Gasteiger partial charge in [0.1, 0.15) is 11.5 Å². The van der Waals surface area contributed by atoms with Crippen LogP contribution in [0.1, 0.15) is 54.4 Å². The first-order valence-corrected chi connectivity index (χ1v) is 25.0. The van der Waals surface area contributed by atoms with E-state index in [-0.39, 0.29) is 18.4 Å². The number of ether oxygens (including phenoxy) is 2. The highest BCUT2D eigenvalue weighted by Crippen LogP contribution is 2.48. The quantitative estimate of drug-likeness (QED) is 0.0368. The van der Waals surface area contributed by atoms with Gasteiger partial charge in [0.25, 0.3) is 11.8 Å². The maximum atomic E-state index is 12.5. The Labute approximate surface area is 383 Å². The van der Waals surface area contributed by atoms with E-state index in [9.17, 15) is 9.13 Å². The molecule has 2 heterocycles. The molecule has 4 aromatic carbocycles. The molecule has 0 saturated carbocycles. The largest absolute Gasteiger partial charge is 0.489 e. The molecule has 64 heavy (non-hydrogen) atoms. The van der Waals surface area contributed by atoms with E-state index in [0.717, 1.165) is 33.6 Å². The second kappa shape index (κ2) is 24.0. The van der Waals surface area contributed by atoms with Crippen molar-refractivity contribution in [3.8, 4) is 57.2 Å². The number of aromatic nitrogens is 4. The molecule has 4 N–H and O–H groups in total. The van der Waals surface area contributed by atoms with Crippen LogP contribution >= 0.6 is 38.4 Å². The number of rotatable bonds is 22. The Morgan fingerprint density at radius 1 is 0.609 bits per heavy atom. The van der Waals surface area contributed by atoms with Crippen LogP contribution in [-0.2, 0) is 18.2 Å². The SMILES string of the molecule is CC(C)Oc1ccc(-c2noc(-c3ccc(NCCCP(=O)(O)O)cc3)n2)cc1Cl.CCOP(=O)(CCCNc1ccc(-c2nc(-c3ccc(OC(C)C)c(Cl)c3)no2)cc1)OCC. The molecule has 16 nitrogen and oxygen atoms in total. The first-order chi connectivity index (χ1) is 30.5. The molecule has 0 bridgehead atoms. The Hall–Kier alpha value is -4.76. The van der Waals surface area contributed by atoms with Crippen LogP contribution in [0.5, 0.6) is 11.5 Å². The van der Waals surface area contributed by atoms with Crippen LogP contribution in [0.15, 0.2) is 94.0 Å². The highest BCUT2D eigenvalue weighted by atomic mass is 35.5. The maximum Gasteiger partial charge on any atom is 0.330 e. The fourth-order valence-electron chi connectivity index (χ4n) is 5.94. The Kier molecular flexibility index (Phi) is 18.8. The fourth-order valence-corrected chi connectivity index (χ4v) is 8.62. The number of halogens is 2. The zero-order valence-electron chi connectivity index (χ0n) is 36.5. The van der Waals surface area contributed by atoms with Crippen molar-refractivity contribution >= 4 is 49.8 Å². The third kappa shape index (κ3) is 15.7. The number of benzene rings is 4. The molecule has 0 saturated heterocycles. The second-order valence-electron chi connectivity index (χ2n) is 14.7. The van der Waals surface area contributed by atoms with Gasteiger partial charge in [-0.15, -0.1) is 0 Å². The maximum absolute atomic E-state index is 12.5. The van der Waals surface area contributed by atoms with Crippen molar-refractivity contribution in [1.82, 2.24) is 20.3 Å². The predicted octanol–water partition coefficient (Wildman–Crippen LogP) is 11.7. The Morgan fingerprint density at radius 2 is 1.00 bits per heavy atom. The van der Waals surface area contributed by atoms with Crippen molar-refractivity contribution < 1.29 is 46.5 Å². The van der Waals surface area contributed by atoms with Crippen molar-refractivity contribution in [1.29, 1.82) is 0 Å². The molecular formula is C44H54Cl2N6O10P2. The van der Waals surface area contributed by atoms with E-state index >= 15 is 0 Å². The summed E-state index contributed by atoms with van der Waals surface area (Å²) in [4.78, 5) is 26.7. The highest BCUT2D eigenvalue weighted by Gasteiger charge is 2.22. The third-order valence-corrected chi connectivity index (χ3v) is 12.4. The van der Waals surface area contributed by atoms with E-state index in [1.54, 1.807) is 24.3 Å². The number of hydrogen-bond donors (Lipinski definition) is 4. The van der Waals surface area contributed by atoms with Crippen LogP contribution in [-0.4, -0.2) is 80.9 Å². The van der Waals surface area contributed by atoms with Gasteiger partial charge >= 0.3 is 15.2 Å². The summed E-state index contributed by atoms with van der Waals surface area (Å²) in [5.41, 5.74) is 4.77. The first kappa shape index (κ1) is 50.2. The third-order valence-electron chi connectivity index (χ3n) is 8.77. The summed E-state index contributed by atoms with van der Waals surface area (Å²) in [6.45, 7) is 13.2. The fraction of sp³-hybridized carbons (Fsp3) is 0.364. The Bertz CT molecular complexity index is 2470. The normalized spacial score (nSPS) is 11.7. The summed E-state index contributed by atoms with van der Waals surface area (Å²) < 4.78 is 56.1. The van der Waals surface area contributed by atoms with Crippen molar-refractivity contribution in [2.75, 3.05) is 49.3 Å². The predicted molar refractivity (Wildman–Crippen MR) is 251 cm³/mol. The number of nitrogens with zero attached hydrogens (tertiary/aromatic N) is 4. The zero-order valence-corrected chi connectivity index (χ0v) is 39.8. The van der Waals surface area contributed by atoms with Crippen molar-refractivity contribution in [3.63, 3.8) is 0 Å². The molecule has 6 aromatic rings. The molecule has 6 rings (SSSR count). The van der Waals surface area contributed by atoms with Crippen LogP contribution in [0.25, 0.3) is 45.7 Å². The first-order valence-electron chi connectivity index (χ1n) is 20.8. The molecule has 0 aliphatic heterocycles. The molecule has 0 radical (unpaired) electrons. The lowest BCUT2D eigenvalue weighted by molar-refractivity contribution is 0.220. The van der Waals surface area contributed by atoms with E-state index in [0.29, 0.717) is 90.3 Å².